The molecular weight excluding hydrogens is 234 g/mol. The van der Waals surface area contributed by atoms with Crippen molar-refractivity contribution in [2.24, 2.45) is 11.7 Å². The molecule has 0 heterocycles. The number of nitrogens with two attached hydrogens (primary N) is 1. The molecule has 0 aliphatic rings. The highest BCUT2D eigenvalue weighted by Crippen LogP contribution is 2.11. The van der Waals surface area contributed by atoms with Crippen LogP contribution in [-0.2, 0) is 15.6 Å². The lowest BCUT2D eigenvalue weighted by Crippen LogP contribution is -2.34. The van der Waals surface area contributed by atoms with E-state index in [0.29, 0.717) is 0 Å². The summed E-state index contributed by atoms with van der Waals surface area (Å²) in [5, 5.41) is 0. The summed E-state index contributed by atoms with van der Waals surface area (Å²) in [6.07, 6.45) is 0. The Morgan fingerprint density at radius 3 is 2.47 bits per heavy atom. The van der Waals surface area contributed by atoms with Gasteiger partial charge in [0.1, 0.15) is 0 Å². The molecule has 0 radical (unpaired) electrons. The van der Waals surface area contributed by atoms with Crippen molar-refractivity contribution in [1.29, 1.82) is 0 Å². The molecule has 0 aromatic heterocycles. The molecule has 1 rings (SSSR count). The second kappa shape index (κ2) is 5.65. The van der Waals surface area contributed by atoms with E-state index in [9.17, 15) is 8.42 Å². The molecule has 0 bridgehead atoms. The van der Waals surface area contributed by atoms with E-state index in [0.717, 1.165) is 11.1 Å². The molecule has 1 aromatic rings. The van der Waals surface area contributed by atoms with Crippen LogP contribution < -0.4 is 5.73 Å². The molecule has 1 atom stereocenters. The summed E-state index contributed by atoms with van der Waals surface area (Å²) in [7, 11) is -3.12. The predicted molar refractivity (Wildman–Crippen MR) is 71.5 cm³/mol. The number of benzene rings is 1. The van der Waals surface area contributed by atoms with E-state index in [2.05, 4.69) is 0 Å². The maximum absolute atomic E-state index is 11.9. The normalized spacial score (nSPS) is 13.9. The first-order chi connectivity index (χ1) is 7.80. The van der Waals surface area contributed by atoms with Crippen molar-refractivity contribution >= 4 is 9.84 Å². The standard InChI is InChI=1S/C13H21NO2S/c1-10(2)13(14)9-17(15,16)8-12-6-4-5-11(3)7-12/h4-7,10,13H,8-9,14H2,1-3H3. The SMILES string of the molecule is Cc1cccc(CS(=O)(=O)CC(N)C(C)C)c1. The van der Waals surface area contributed by atoms with Crippen molar-refractivity contribution in [3.05, 3.63) is 35.4 Å². The van der Waals surface area contributed by atoms with Gasteiger partial charge in [0.15, 0.2) is 9.84 Å². The van der Waals surface area contributed by atoms with Crippen molar-refractivity contribution < 1.29 is 8.42 Å². The smallest absolute Gasteiger partial charge is 0.155 e. The minimum Gasteiger partial charge on any atom is -0.327 e. The Bertz CT molecular complexity index is 466. The molecule has 0 fully saturated rings. The molecule has 2 N–H and O–H groups in total. The monoisotopic (exact) mass is 255 g/mol. The van der Waals surface area contributed by atoms with Gasteiger partial charge in [-0.1, -0.05) is 43.7 Å². The minimum absolute atomic E-state index is 0.0542. The van der Waals surface area contributed by atoms with Crippen molar-refractivity contribution in [2.75, 3.05) is 5.75 Å². The molecule has 0 aliphatic heterocycles. The summed E-state index contributed by atoms with van der Waals surface area (Å²) in [6, 6.07) is 7.28. The van der Waals surface area contributed by atoms with Crippen LogP contribution in [0.15, 0.2) is 24.3 Å². The molecule has 0 saturated heterocycles. The maximum atomic E-state index is 11.9. The van der Waals surface area contributed by atoms with Gasteiger partial charge in [0.2, 0.25) is 0 Å². The molecular formula is C13H21NO2S. The Morgan fingerprint density at radius 1 is 1.29 bits per heavy atom. The zero-order chi connectivity index (χ0) is 13.1. The molecule has 4 heteroatoms. The highest BCUT2D eigenvalue weighted by atomic mass is 32.2. The summed E-state index contributed by atoms with van der Waals surface area (Å²) in [5.41, 5.74) is 7.72. The first kappa shape index (κ1) is 14.2. The number of aryl methyl sites for hydroxylation is 1. The Morgan fingerprint density at radius 2 is 1.94 bits per heavy atom. The Balaban J connectivity index is 2.73. The van der Waals surface area contributed by atoms with E-state index in [1.54, 1.807) is 0 Å². The summed E-state index contributed by atoms with van der Waals surface area (Å²) >= 11 is 0. The van der Waals surface area contributed by atoms with E-state index in [-0.39, 0.29) is 23.5 Å². The highest BCUT2D eigenvalue weighted by Gasteiger charge is 2.19. The van der Waals surface area contributed by atoms with Gasteiger partial charge in [-0.25, -0.2) is 8.42 Å². The largest absolute Gasteiger partial charge is 0.327 e. The fourth-order valence-corrected chi connectivity index (χ4v) is 3.38. The van der Waals surface area contributed by atoms with Gasteiger partial charge in [-0.15, -0.1) is 0 Å². The number of rotatable bonds is 5. The summed E-state index contributed by atoms with van der Waals surface area (Å²) < 4.78 is 23.9. The van der Waals surface area contributed by atoms with Crippen LogP contribution in [-0.4, -0.2) is 20.2 Å². The van der Waals surface area contributed by atoms with Crippen LogP contribution in [0.4, 0.5) is 0 Å². The van der Waals surface area contributed by atoms with Crippen molar-refractivity contribution in [3.63, 3.8) is 0 Å². The number of hydrogen-bond donors (Lipinski definition) is 1. The van der Waals surface area contributed by atoms with Crippen LogP contribution in [0, 0.1) is 12.8 Å². The van der Waals surface area contributed by atoms with Gasteiger partial charge in [-0.05, 0) is 18.4 Å². The van der Waals surface area contributed by atoms with Gasteiger partial charge in [0.05, 0.1) is 11.5 Å². The predicted octanol–water partition coefficient (Wildman–Crippen LogP) is 1.89. The zero-order valence-corrected chi connectivity index (χ0v) is 11.5. The fourth-order valence-electron chi connectivity index (χ4n) is 1.60. The van der Waals surface area contributed by atoms with Gasteiger partial charge >= 0.3 is 0 Å². The first-order valence-corrected chi connectivity index (χ1v) is 7.64. The summed E-state index contributed by atoms with van der Waals surface area (Å²) in [4.78, 5) is 0. The van der Waals surface area contributed by atoms with Gasteiger partial charge in [0, 0.05) is 6.04 Å². The van der Waals surface area contributed by atoms with Crippen LogP contribution in [0.25, 0.3) is 0 Å². The highest BCUT2D eigenvalue weighted by molar-refractivity contribution is 7.90. The molecule has 1 unspecified atom stereocenters. The molecule has 0 amide bonds. The Kier molecular flexibility index (Phi) is 4.71. The lowest BCUT2D eigenvalue weighted by atomic mass is 10.1. The van der Waals surface area contributed by atoms with E-state index in [4.69, 9.17) is 5.73 Å². The second-order valence-corrected chi connectivity index (χ2v) is 7.06. The minimum atomic E-state index is -3.12. The molecule has 96 valence electrons. The Hall–Kier alpha value is -0.870. The topological polar surface area (TPSA) is 60.2 Å². The van der Waals surface area contributed by atoms with E-state index >= 15 is 0 Å². The molecule has 17 heavy (non-hydrogen) atoms. The molecule has 0 aliphatic carbocycles. The third kappa shape index (κ3) is 4.88. The van der Waals surface area contributed by atoms with Gasteiger partial charge < -0.3 is 5.73 Å². The average molecular weight is 255 g/mol. The van der Waals surface area contributed by atoms with E-state index in [1.807, 2.05) is 45.0 Å². The molecule has 0 saturated carbocycles. The van der Waals surface area contributed by atoms with E-state index < -0.39 is 9.84 Å². The average Bonchev–Trinajstić information content (AvgIpc) is 2.15. The van der Waals surface area contributed by atoms with Crippen LogP contribution in [0.3, 0.4) is 0 Å². The van der Waals surface area contributed by atoms with Crippen LogP contribution >= 0.6 is 0 Å². The van der Waals surface area contributed by atoms with Crippen LogP contribution in [0.2, 0.25) is 0 Å². The maximum Gasteiger partial charge on any atom is 0.155 e. The molecule has 0 spiro atoms. The fraction of sp³-hybridized carbons (Fsp3) is 0.538. The van der Waals surface area contributed by atoms with Crippen LogP contribution in [0.5, 0.6) is 0 Å². The molecule has 3 nitrogen and oxygen atoms in total. The quantitative estimate of drug-likeness (QED) is 0.874. The molecule has 1 aromatic carbocycles. The van der Waals surface area contributed by atoms with Crippen molar-refractivity contribution in [3.8, 4) is 0 Å². The third-order valence-corrected chi connectivity index (χ3v) is 4.44. The van der Waals surface area contributed by atoms with Gasteiger partial charge in [0.25, 0.3) is 0 Å². The first-order valence-electron chi connectivity index (χ1n) is 5.82. The van der Waals surface area contributed by atoms with Gasteiger partial charge in [-0.3, -0.25) is 0 Å². The Labute approximate surface area is 104 Å². The van der Waals surface area contributed by atoms with Gasteiger partial charge in [-0.2, -0.15) is 0 Å². The zero-order valence-electron chi connectivity index (χ0n) is 10.7. The van der Waals surface area contributed by atoms with Crippen molar-refractivity contribution in [1.82, 2.24) is 0 Å². The summed E-state index contributed by atoms with van der Waals surface area (Å²) in [6.45, 7) is 5.83. The van der Waals surface area contributed by atoms with Crippen LogP contribution in [0.1, 0.15) is 25.0 Å². The second-order valence-electron chi connectivity index (χ2n) is 4.95. The third-order valence-electron chi connectivity index (χ3n) is 2.77. The summed E-state index contributed by atoms with van der Waals surface area (Å²) in [5.74, 6) is 0.315. The number of hydrogen-bond acceptors (Lipinski definition) is 3. The van der Waals surface area contributed by atoms with Crippen molar-refractivity contribution in [2.45, 2.75) is 32.6 Å². The lowest BCUT2D eigenvalue weighted by molar-refractivity contribution is 0.516. The van der Waals surface area contributed by atoms with E-state index in [1.165, 1.54) is 0 Å². The lowest BCUT2D eigenvalue weighted by Gasteiger charge is -2.15. The number of sulfone groups is 1.